The Bertz CT molecular complexity index is 468. The number of carbonyl (C=O) groups is 2. The van der Waals surface area contributed by atoms with Crippen LogP contribution in [-0.4, -0.2) is 35.7 Å². The summed E-state index contributed by atoms with van der Waals surface area (Å²) in [7, 11) is 0. The van der Waals surface area contributed by atoms with E-state index in [1.165, 1.54) is 12.1 Å². The third kappa shape index (κ3) is 5.98. The first-order valence-corrected chi connectivity index (χ1v) is 7.79. The molecule has 7 heteroatoms. The number of halogens is 1. The number of anilines is 1. The van der Waals surface area contributed by atoms with Gasteiger partial charge in [0.25, 0.3) is 0 Å². The summed E-state index contributed by atoms with van der Waals surface area (Å²) in [6.07, 6.45) is 2.91. The maximum atomic E-state index is 11.6. The zero-order chi connectivity index (χ0) is 14.3. The maximum absolute atomic E-state index is 11.6. The largest absolute Gasteiger partial charge is 0.478 e. The number of hydrogen-bond acceptors (Lipinski definition) is 3. The molecule has 0 unspecified atom stereocenters. The molecule has 0 saturated heterocycles. The van der Waals surface area contributed by atoms with Crippen LogP contribution in [0.15, 0.2) is 22.7 Å². The molecule has 0 fully saturated rings. The summed E-state index contributed by atoms with van der Waals surface area (Å²) in [5, 5.41) is 14.2. The molecule has 2 amide bonds. The number of hydrogen-bond donors (Lipinski definition) is 3. The zero-order valence-corrected chi connectivity index (χ0v) is 12.8. The van der Waals surface area contributed by atoms with Crippen molar-refractivity contribution in [2.24, 2.45) is 0 Å². The molecule has 0 spiro atoms. The van der Waals surface area contributed by atoms with Gasteiger partial charge in [0.1, 0.15) is 0 Å². The Morgan fingerprint density at radius 1 is 1.37 bits per heavy atom. The highest BCUT2D eigenvalue weighted by Crippen LogP contribution is 2.19. The molecule has 0 aliphatic carbocycles. The summed E-state index contributed by atoms with van der Waals surface area (Å²) in [4.78, 5) is 22.5. The van der Waals surface area contributed by atoms with Crippen LogP contribution < -0.4 is 10.6 Å². The van der Waals surface area contributed by atoms with Crippen LogP contribution in [0.4, 0.5) is 10.5 Å². The molecule has 0 radical (unpaired) electrons. The number of thioether (sulfide) groups is 1. The highest BCUT2D eigenvalue weighted by atomic mass is 79.9. The van der Waals surface area contributed by atoms with Gasteiger partial charge >= 0.3 is 12.0 Å². The summed E-state index contributed by atoms with van der Waals surface area (Å²) < 4.78 is 0.602. The first-order valence-electron chi connectivity index (χ1n) is 5.60. The van der Waals surface area contributed by atoms with E-state index < -0.39 is 5.97 Å². The number of carboxylic acid groups (broad SMARTS) is 1. The second-order valence-corrected chi connectivity index (χ2v) is 5.66. The fourth-order valence-electron chi connectivity index (χ4n) is 1.38. The fraction of sp³-hybridized carbons (Fsp3) is 0.333. The Labute approximate surface area is 124 Å². The van der Waals surface area contributed by atoms with Gasteiger partial charge in [0.2, 0.25) is 0 Å². The number of amides is 2. The highest BCUT2D eigenvalue weighted by molar-refractivity contribution is 9.10. The summed E-state index contributed by atoms with van der Waals surface area (Å²) in [6.45, 7) is 0.590. The third-order valence-electron chi connectivity index (χ3n) is 2.21. The molecule has 1 aromatic rings. The Hall–Kier alpha value is -1.21. The second kappa shape index (κ2) is 8.06. The Balaban J connectivity index is 2.56. The van der Waals surface area contributed by atoms with Gasteiger partial charge in [0, 0.05) is 16.7 Å². The average Bonchev–Trinajstić information content (AvgIpc) is 2.34. The maximum Gasteiger partial charge on any atom is 0.335 e. The molecule has 0 atom stereocenters. The minimum absolute atomic E-state index is 0.118. The van der Waals surface area contributed by atoms with E-state index in [0.29, 0.717) is 16.7 Å². The van der Waals surface area contributed by atoms with Crippen molar-refractivity contribution in [3.63, 3.8) is 0 Å². The van der Waals surface area contributed by atoms with Gasteiger partial charge in [-0.1, -0.05) is 15.9 Å². The van der Waals surface area contributed by atoms with Crippen molar-refractivity contribution in [1.29, 1.82) is 0 Å². The minimum Gasteiger partial charge on any atom is -0.478 e. The van der Waals surface area contributed by atoms with E-state index in [4.69, 9.17) is 5.11 Å². The lowest BCUT2D eigenvalue weighted by Gasteiger charge is -2.08. The molecule has 0 saturated carbocycles. The number of rotatable bonds is 6. The highest BCUT2D eigenvalue weighted by Gasteiger charge is 2.08. The average molecular weight is 347 g/mol. The van der Waals surface area contributed by atoms with Crippen LogP contribution in [0.5, 0.6) is 0 Å². The molecule has 1 rings (SSSR count). The van der Waals surface area contributed by atoms with E-state index in [2.05, 4.69) is 26.6 Å². The summed E-state index contributed by atoms with van der Waals surface area (Å²) in [5.41, 5.74) is 0.557. The van der Waals surface area contributed by atoms with Crippen LogP contribution in [0.25, 0.3) is 0 Å². The number of aromatic carboxylic acids is 1. The van der Waals surface area contributed by atoms with Gasteiger partial charge in [0.15, 0.2) is 0 Å². The molecular weight excluding hydrogens is 332 g/mol. The third-order valence-corrected chi connectivity index (χ3v) is 3.37. The van der Waals surface area contributed by atoms with Gasteiger partial charge in [0.05, 0.1) is 5.56 Å². The lowest BCUT2D eigenvalue weighted by molar-refractivity contribution is 0.0697. The van der Waals surface area contributed by atoms with Gasteiger partial charge in [-0.05, 0) is 36.6 Å². The lowest BCUT2D eigenvalue weighted by atomic mass is 10.2. The van der Waals surface area contributed by atoms with Crippen LogP contribution in [-0.2, 0) is 0 Å². The van der Waals surface area contributed by atoms with E-state index in [1.807, 2.05) is 6.26 Å². The van der Waals surface area contributed by atoms with E-state index in [1.54, 1.807) is 17.8 Å². The van der Waals surface area contributed by atoms with E-state index in [0.717, 1.165) is 12.2 Å². The van der Waals surface area contributed by atoms with Crippen molar-refractivity contribution in [2.45, 2.75) is 6.42 Å². The lowest BCUT2D eigenvalue weighted by Crippen LogP contribution is -2.29. The number of benzene rings is 1. The van der Waals surface area contributed by atoms with Gasteiger partial charge in [-0.15, -0.1) is 0 Å². The van der Waals surface area contributed by atoms with Crippen LogP contribution in [0.2, 0.25) is 0 Å². The summed E-state index contributed by atoms with van der Waals surface area (Å²) >= 11 is 4.93. The van der Waals surface area contributed by atoms with Gasteiger partial charge in [-0.3, -0.25) is 0 Å². The number of urea groups is 1. The minimum atomic E-state index is -1.04. The molecular formula is C12H15BrN2O3S. The van der Waals surface area contributed by atoms with Crippen molar-refractivity contribution < 1.29 is 14.7 Å². The van der Waals surface area contributed by atoms with Crippen LogP contribution >= 0.6 is 27.7 Å². The van der Waals surface area contributed by atoms with Crippen molar-refractivity contribution in [1.82, 2.24) is 5.32 Å². The fourth-order valence-corrected chi connectivity index (χ4v) is 2.31. The molecule has 3 N–H and O–H groups in total. The van der Waals surface area contributed by atoms with Crippen molar-refractivity contribution in [2.75, 3.05) is 23.9 Å². The monoisotopic (exact) mass is 346 g/mol. The van der Waals surface area contributed by atoms with Crippen molar-refractivity contribution in [3.05, 3.63) is 28.2 Å². The molecule has 1 aromatic carbocycles. The normalized spacial score (nSPS) is 10.0. The molecule has 0 aliphatic heterocycles. The first-order chi connectivity index (χ1) is 9.02. The molecule has 0 aliphatic rings. The predicted octanol–water partition coefficient (Wildman–Crippen LogP) is 3.02. The quantitative estimate of drug-likeness (QED) is 0.691. The molecule has 0 aromatic heterocycles. The molecule has 19 heavy (non-hydrogen) atoms. The van der Waals surface area contributed by atoms with Crippen LogP contribution in [0.1, 0.15) is 16.8 Å². The molecule has 5 nitrogen and oxygen atoms in total. The van der Waals surface area contributed by atoms with Crippen LogP contribution in [0.3, 0.4) is 0 Å². The van der Waals surface area contributed by atoms with Gasteiger partial charge in [-0.25, -0.2) is 9.59 Å². The number of carbonyl (C=O) groups excluding carboxylic acids is 1. The van der Waals surface area contributed by atoms with Gasteiger partial charge < -0.3 is 15.7 Å². The number of carboxylic acids is 1. The van der Waals surface area contributed by atoms with Gasteiger partial charge in [-0.2, -0.15) is 11.8 Å². The SMILES string of the molecule is CSCCCNC(=O)Nc1cc(Br)cc(C(=O)O)c1. The Kier molecular flexibility index (Phi) is 6.72. The van der Waals surface area contributed by atoms with E-state index >= 15 is 0 Å². The first kappa shape index (κ1) is 15.8. The van der Waals surface area contributed by atoms with E-state index in [9.17, 15) is 9.59 Å². The Morgan fingerprint density at radius 2 is 2.11 bits per heavy atom. The summed E-state index contributed by atoms with van der Waals surface area (Å²) in [5.74, 6) is -0.0509. The number of nitrogens with one attached hydrogen (secondary N) is 2. The zero-order valence-electron chi connectivity index (χ0n) is 10.4. The van der Waals surface area contributed by atoms with Crippen molar-refractivity contribution >= 4 is 45.4 Å². The standard InChI is InChI=1S/C12H15BrN2O3S/c1-19-4-2-3-14-12(18)15-10-6-8(11(16)17)5-9(13)7-10/h5-7H,2-4H2,1H3,(H,16,17)(H2,14,15,18). The summed E-state index contributed by atoms with van der Waals surface area (Å²) in [6, 6.07) is 4.20. The smallest absolute Gasteiger partial charge is 0.335 e. The molecule has 0 heterocycles. The topological polar surface area (TPSA) is 78.4 Å². The van der Waals surface area contributed by atoms with E-state index in [-0.39, 0.29) is 11.6 Å². The predicted molar refractivity (Wildman–Crippen MR) is 81.1 cm³/mol. The Morgan fingerprint density at radius 3 is 2.74 bits per heavy atom. The van der Waals surface area contributed by atoms with Crippen LogP contribution in [0, 0.1) is 0 Å². The molecule has 104 valence electrons. The molecule has 0 bridgehead atoms. The van der Waals surface area contributed by atoms with Crippen molar-refractivity contribution in [3.8, 4) is 0 Å². The second-order valence-electron chi connectivity index (χ2n) is 3.76.